The molecule has 4 heteroatoms. The van der Waals surface area contributed by atoms with E-state index in [4.69, 9.17) is 4.74 Å². The zero-order valence-corrected chi connectivity index (χ0v) is 12.0. The number of thiazole rings is 1. The van der Waals surface area contributed by atoms with Gasteiger partial charge in [0.2, 0.25) is 0 Å². The van der Waals surface area contributed by atoms with Crippen LogP contribution in [0.1, 0.15) is 71.2 Å². The largest absolute Gasteiger partial charge is 0.464 e. The molecule has 1 fully saturated rings. The Morgan fingerprint density at radius 2 is 1.83 bits per heavy atom. The van der Waals surface area contributed by atoms with Crippen LogP contribution in [0.2, 0.25) is 0 Å². The van der Waals surface area contributed by atoms with Crippen LogP contribution in [0.3, 0.4) is 0 Å². The number of methoxy groups -OCH3 is 1. The predicted octanol–water partition coefficient (Wildman–Crippen LogP) is 4.07. The molecule has 0 saturated heterocycles. The Morgan fingerprint density at radius 1 is 1.22 bits per heavy atom. The summed E-state index contributed by atoms with van der Waals surface area (Å²) < 4.78 is 4.77. The van der Waals surface area contributed by atoms with Crippen molar-refractivity contribution in [2.24, 2.45) is 0 Å². The minimum atomic E-state index is -0.305. The fourth-order valence-corrected chi connectivity index (χ4v) is 3.66. The van der Waals surface area contributed by atoms with Crippen LogP contribution in [-0.2, 0) is 4.74 Å². The van der Waals surface area contributed by atoms with Crippen molar-refractivity contribution in [1.82, 2.24) is 4.98 Å². The van der Waals surface area contributed by atoms with E-state index in [-0.39, 0.29) is 5.97 Å². The highest BCUT2D eigenvalue weighted by Gasteiger charge is 2.21. The summed E-state index contributed by atoms with van der Waals surface area (Å²) >= 11 is 1.67. The van der Waals surface area contributed by atoms with Gasteiger partial charge in [0.15, 0.2) is 5.69 Å². The lowest BCUT2D eigenvalue weighted by molar-refractivity contribution is 0.0594. The normalized spacial score (nSPS) is 18.1. The number of esters is 1. The number of aromatic nitrogens is 1. The van der Waals surface area contributed by atoms with Crippen molar-refractivity contribution in [3.63, 3.8) is 0 Å². The molecule has 0 bridgehead atoms. The summed E-state index contributed by atoms with van der Waals surface area (Å²) in [6, 6.07) is 0. The second kappa shape index (κ2) is 6.32. The van der Waals surface area contributed by atoms with Crippen molar-refractivity contribution in [1.29, 1.82) is 0 Å². The standard InChI is InChI=1S/C14H21NO2S/c1-10-12(14(16)17-2)15-13(18-10)11-8-6-4-3-5-7-9-11/h11H,3-9H2,1-2H3. The average Bonchev–Trinajstić information content (AvgIpc) is 2.70. The molecule has 1 saturated carbocycles. The number of nitrogens with zero attached hydrogens (tertiary/aromatic N) is 1. The maximum atomic E-state index is 11.6. The zero-order valence-electron chi connectivity index (χ0n) is 11.2. The molecule has 0 N–H and O–H groups in total. The third-order valence-corrected chi connectivity index (χ3v) is 4.78. The SMILES string of the molecule is COC(=O)c1nc(C2CCCCCCC2)sc1C. The zero-order chi connectivity index (χ0) is 13.0. The first kappa shape index (κ1) is 13.5. The van der Waals surface area contributed by atoms with Crippen LogP contribution in [0, 0.1) is 6.92 Å². The highest BCUT2D eigenvalue weighted by Crippen LogP contribution is 2.34. The first-order chi connectivity index (χ1) is 8.72. The molecule has 3 nitrogen and oxygen atoms in total. The molecule has 1 aromatic heterocycles. The lowest BCUT2D eigenvalue weighted by Crippen LogP contribution is -2.05. The molecule has 0 aromatic carbocycles. The van der Waals surface area contributed by atoms with Gasteiger partial charge in [0.05, 0.1) is 12.1 Å². The van der Waals surface area contributed by atoms with Gasteiger partial charge in [-0.3, -0.25) is 0 Å². The van der Waals surface area contributed by atoms with E-state index < -0.39 is 0 Å². The van der Waals surface area contributed by atoms with Crippen molar-refractivity contribution in [3.05, 3.63) is 15.6 Å². The minimum absolute atomic E-state index is 0.305. The summed E-state index contributed by atoms with van der Waals surface area (Å²) in [5.41, 5.74) is 0.513. The van der Waals surface area contributed by atoms with Gasteiger partial charge in [0.25, 0.3) is 0 Å². The van der Waals surface area contributed by atoms with E-state index >= 15 is 0 Å². The smallest absolute Gasteiger partial charge is 0.357 e. The van der Waals surface area contributed by atoms with E-state index in [9.17, 15) is 4.79 Å². The maximum Gasteiger partial charge on any atom is 0.357 e. The molecule has 18 heavy (non-hydrogen) atoms. The number of hydrogen-bond acceptors (Lipinski definition) is 4. The van der Waals surface area contributed by atoms with E-state index in [1.165, 1.54) is 52.1 Å². The number of rotatable bonds is 2. The van der Waals surface area contributed by atoms with Crippen molar-refractivity contribution in [2.75, 3.05) is 7.11 Å². The highest BCUT2D eigenvalue weighted by atomic mass is 32.1. The monoisotopic (exact) mass is 267 g/mol. The van der Waals surface area contributed by atoms with Gasteiger partial charge in [-0.1, -0.05) is 32.1 Å². The van der Waals surface area contributed by atoms with Gasteiger partial charge >= 0.3 is 5.97 Å². The molecule has 0 radical (unpaired) electrons. The second-order valence-electron chi connectivity index (χ2n) is 4.99. The van der Waals surface area contributed by atoms with Crippen LogP contribution in [0.15, 0.2) is 0 Å². The minimum Gasteiger partial charge on any atom is -0.464 e. The Morgan fingerprint density at radius 3 is 2.44 bits per heavy atom. The Bertz CT molecular complexity index is 406. The van der Waals surface area contributed by atoms with Crippen molar-refractivity contribution in [3.8, 4) is 0 Å². The Labute approximate surface area is 113 Å². The molecule has 2 rings (SSSR count). The van der Waals surface area contributed by atoms with Gasteiger partial charge in [0, 0.05) is 10.8 Å². The maximum absolute atomic E-state index is 11.6. The van der Waals surface area contributed by atoms with E-state index in [1.807, 2.05) is 6.92 Å². The molecule has 0 atom stereocenters. The van der Waals surface area contributed by atoms with Crippen LogP contribution >= 0.6 is 11.3 Å². The summed E-state index contributed by atoms with van der Waals surface area (Å²) in [5, 5.41) is 1.13. The molecule has 1 aliphatic rings. The second-order valence-corrected chi connectivity index (χ2v) is 6.23. The predicted molar refractivity (Wildman–Crippen MR) is 73.3 cm³/mol. The third-order valence-electron chi connectivity index (χ3n) is 3.65. The van der Waals surface area contributed by atoms with Crippen LogP contribution in [0.25, 0.3) is 0 Å². The number of carbonyl (C=O) groups excluding carboxylic acids is 1. The molecule has 0 amide bonds. The molecule has 0 aliphatic heterocycles. The molecule has 0 spiro atoms. The summed E-state index contributed by atoms with van der Waals surface area (Å²) in [6.45, 7) is 1.95. The van der Waals surface area contributed by atoms with E-state index in [1.54, 1.807) is 11.3 Å². The van der Waals surface area contributed by atoms with E-state index in [0.717, 1.165) is 9.88 Å². The van der Waals surface area contributed by atoms with E-state index in [2.05, 4.69) is 4.98 Å². The summed E-state index contributed by atoms with van der Waals surface area (Å²) in [5.74, 6) is 0.244. The summed E-state index contributed by atoms with van der Waals surface area (Å²) in [7, 11) is 1.41. The quantitative estimate of drug-likeness (QED) is 0.758. The van der Waals surface area contributed by atoms with Gasteiger partial charge in [0.1, 0.15) is 0 Å². The molecule has 1 aliphatic carbocycles. The lowest BCUT2D eigenvalue weighted by Gasteiger charge is -2.17. The summed E-state index contributed by atoms with van der Waals surface area (Å²) in [6.07, 6.45) is 9.06. The van der Waals surface area contributed by atoms with Gasteiger partial charge < -0.3 is 4.74 Å². The van der Waals surface area contributed by atoms with Crippen LogP contribution in [0.5, 0.6) is 0 Å². The molecule has 100 valence electrons. The molecule has 1 aromatic rings. The number of ether oxygens (including phenoxy) is 1. The average molecular weight is 267 g/mol. The molecular weight excluding hydrogens is 246 g/mol. The number of carbonyl (C=O) groups is 1. The van der Waals surface area contributed by atoms with Gasteiger partial charge in [-0.15, -0.1) is 11.3 Å². The van der Waals surface area contributed by atoms with Crippen molar-refractivity contribution >= 4 is 17.3 Å². The Kier molecular flexibility index (Phi) is 4.75. The van der Waals surface area contributed by atoms with Crippen LogP contribution in [0.4, 0.5) is 0 Å². The first-order valence-corrected chi connectivity index (χ1v) is 7.59. The Hall–Kier alpha value is -0.900. The van der Waals surface area contributed by atoms with Crippen LogP contribution in [-0.4, -0.2) is 18.1 Å². The van der Waals surface area contributed by atoms with E-state index in [0.29, 0.717) is 11.6 Å². The first-order valence-electron chi connectivity index (χ1n) is 6.78. The number of hydrogen-bond donors (Lipinski definition) is 0. The summed E-state index contributed by atoms with van der Waals surface area (Å²) in [4.78, 5) is 17.1. The lowest BCUT2D eigenvalue weighted by atomic mass is 9.92. The Balaban J connectivity index is 2.14. The van der Waals surface area contributed by atoms with Gasteiger partial charge in [-0.05, 0) is 19.8 Å². The number of aryl methyl sites for hydroxylation is 1. The topological polar surface area (TPSA) is 39.2 Å². The fourth-order valence-electron chi connectivity index (χ4n) is 2.58. The molecule has 1 heterocycles. The molecule has 0 unspecified atom stereocenters. The van der Waals surface area contributed by atoms with Gasteiger partial charge in [-0.2, -0.15) is 0 Å². The molecular formula is C14H21NO2S. The van der Waals surface area contributed by atoms with Crippen molar-refractivity contribution in [2.45, 2.75) is 57.8 Å². The van der Waals surface area contributed by atoms with Gasteiger partial charge in [-0.25, -0.2) is 9.78 Å². The fraction of sp³-hybridized carbons (Fsp3) is 0.714. The van der Waals surface area contributed by atoms with Crippen molar-refractivity contribution < 1.29 is 9.53 Å². The highest BCUT2D eigenvalue weighted by molar-refractivity contribution is 7.12. The third kappa shape index (κ3) is 3.10. The van der Waals surface area contributed by atoms with Crippen LogP contribution < -0.4 is 0 Å².